The summed E-state index contributed by atoms with van der Waals surface area (Å²) >= 11 is -0.410. The van der Waals surface area contributed by atoms with E-state index in [0.29, 0.717) is 0 Å². The minimum absolute atomic E-state index is 0.0951. The van der Waals surface area contributed by atoms with Gasteiger partial charge in [0.05, 0.1) is 0 Å². The second kappa shape index (κ2) is 7.28. The van der Waals surface area contributed by atoms with Crippen LogP contribution in [0.3, 0.4) is 0 Å². The first kappa shape index (κ1) is 22.0. The molecule has 2 aromatic carbocycles. The molecule has 0 saturated heterocycles. The number of rotatable bonds is 0. The van der Waals surface area contributed by atoms with Gasteiger partial charge in [-0.15, -0.1) is 0 Å². The third-order valence-electron chi connectivity index (χ3n) is 8.11. The van der Waals surface area contributed by atoms with E-state index in [4.69, 9.17) is 0 Å². The maximum atomic E-state index is 2.55. The fraction of sp³-hybridized carbons (Fsp3) is 0.379. The van der Waals surface area contributed by atoms with E-state index in [-0.39, 0.29) is 16.5 Å². The van der Waals surface area contributed by atoms with Gasteiger partial charge >= 0.3 is 212 Å². The van der Waals surface area contributed by atoms with Crippen LogP contribution >= 0.6 is 0 Å². The van der Waals surface area contributed by atoms with E-state index in [2.05, 4.69) is 134 Å². The Balaban J connectivity index is 1.67. The van der Waals surface area contributed by atoms with E-state index in [9.17, 15) is 0 Å². The Hall–Kier alpha value is -2.45. The number of nitrogens with zero attached hydrogens (tertiary/aromatic N) is 4. The van der Waals surface area contributed by atoms with Crippen molar-refractivity contribution in [3.05, 3.63) is 95.6 Å². The van der Waals surface area contributed by atoms with Crippen molar-refractivity contribution in [3.8, 4) is 0 Å². The third-order valence-corrected chi connectivity index (χ3v) is 11.5. The molecular weight excluding hydrogens is 599 g/mol. The van der Waals surface area contributed by atoms with Gasteiger partial charge in [0.15, 0.2) is 0 Å². The van der Waals surface area contributed by atoms with Crippen LogP contribution in [-0.4, -0.2) is 41.0 Å². The number of fused-ring (bicyclic) bond motifs is 4. The molecule has 0 amide bonds. The van der Waals surface area contributed by atoms with Crippen LogP contribution in [0.2, 0.25) is 0 Å². The summed E-state index contributed by atoms with van der Waals surface area (Å²) in [4.78, 5) is 10.1. The van der Waals surface area contributed by atoms with Crippen molar-refractivity contribution in [2.75, 3.05) is 13.1 Å². The Morgan fingerprint density at radius 1 is 0.588 bits per heavy atom. The molecule has 6 bridgehead atoms. The summed E-state index contributed by atoms with van der Waals surface area (Å²) in [6.07, 6.45) is 9.23. The molecule has 4 heterocycles. The molecule has 180 valence electrons. The molecule has 0 atom stereocenters. The van der Waals surface area contributed by atoms with Gasteiger partial charge in [0.2, 0.25) is 0 Å². The topological polar surface area (TPSA) is 13.0 Å². The Bertz CT molecular complexity index is 1210. The van der Waals surface area contributed by atoms with Crippen molar-refractivity contribution in [2.45, 2.75) is 58.0 Å². The van der Waals surface area contributed by atoms with Gasteiger partial charge in [0, 0.05) is 0 Å². The molecule has 5 heteroatoms. The number of benzene rings is 2. The summed E-state index contributed by atoms with van der Waals surface area (Å²) < 4.78 is 2.95. The molecule has 0 saturated carbocycles. The molecule has 0 aromatic heterocycles. The second-order valence-electron chi connectivity index (χ2n) is 11.2. The van der Waals surface area contributed by atoms with Gasteiger partial charge in [-0.1, -0.05) is 0 Å². The molecule has 0 aliphatic carbocycles. The van der Waals surface area contributed by atoms with Gasteiger partial charge in [-0.25, -0.2) is 0 Å². The summed E-state index contributed by atoms with van der Waals surface area (Å²) in [7, 11) is 0. The van der Waals surface area contributed by atoms with Crippen molar-refractivity contribution >= 4 is 8.29 Å². The van der Waals surface area contributed by atoms with Gasteiger partial charge in [-0.3, -0.25) is 0 Å². The van der Waals surface area contributed by atoms with Gasteiger partial charge in [-0.05, 0) is 0 Å². The van der Waals surface area contributed by atoms with Crippen molar-refractivity contribution in [2.24, 2.45) is 0 Å². The van der Waals surface area contributed by atoms with Gasteiger partial charge in [-0.2, -0.15) is 0 Å². The first-order chi connectivity index (χ1) is 16.1. The van der Waals surface area contributed by atoms with E-state index >= 15 is 0 Å². The molecule has 4 aliphatic rings. The van der Waals surface area contributed by atoms with Gasteiger partial charge in [0.25, 0.3) is 0 Å². The summed E-state index contributed by atoms with van der Waals surface area (Å²) in [6, 6.07) is 18.6. The maximum absolute atomic E-state index is 2.55. The molecule has 0 fully saturated rings. The van der Waals surface area contributed by atoms with E-state index < -0.39 is 17.6 Å². The molecule has 0 radical (unpaired) electrons. The van der Waals surface area contributed by atoms with Crippen molar-refractivity contribution in [3.63, 3.8) is 0 Å². The van der Waals surface area contributed by atoms with E-state index in [1.165, 1.54) is 30.5 Å². The van der Waals surface area contributed by atoms with Gasteiger partial charge in [0.1, 0.15) is 0 Å². The fourth-order valence-electron chi connectivity index (χ4n) is 5.39. The SMILES string of the molecule is CC1(C)c2cccc(c2)C(C)(C)N2C=CN3CCN4C=CN([C]4=[Pt]=[C]32)C(C)(C)c2cccc1c2. The molecule has 4 nitrogen and oxygen atoms in total. The zero-order chi connectivity index (χ0) is 23.9. The predicted molar refractivity (Wildman–Crippen MR) is 136 cm³/mol. The summed E-state index contributed by atoms with van der Waals surface area (Å²) in [6.45, 7) is 16.3. The predicted octanol–water partition coefficient (Wildman–Crippen LogP) is 4.94. The molecule has 4 aliphatic heterocycles. The average molecular weight is 634 g/mol. The van der Waals surface area contributed by atoms with Crippen LogP contribution in [0, 0.1) is 0 Å². The van der Waals surface area contributed by atoms with Crippen molar-refractivity contribution in [1.82, 2.24) is 19.6 Å². The van der Waals surface area contributed by atoms with Crippen LogP contribution < -0.4 is 0 Å². The van der Waals surface area contributed by atoms with Crippen LogP contribution in [0.1, 0.15) is 63.8 Å². The molecule has 0 N–H and O–H groups in total. The number of hydrogen-bond acceptors (Lipinski definition) is 4. The standard InChI is InChI=1S/C29H34N4.Pt/c1-27(2)23-9-7-11-25(19-23)28(3,4)32-17-15-30(21-32)13-14-31-16-18-33(22-31)29(5,6)26-12-8-10-24(27)20-26;/h7-12,15-20H,13-14H2,1-6H3;. The van der Waals surface area contributed by atoms with Crippen LogP contribution in [0.15, 0.2) is 73.3 Å². The molecule has 2 aromatic rings. The van der Waals surface area contributed by atoms with Crippen LogP contribution in [0.5, 0.6) is 0 Å². The molecule has 0 spiro atoms. The minimum atomic E-state index is -0.410. The second-order valence-corrected chi connectivity index (χ2v) is 13.8. The zero-order valence-electron chi connectivity index (χ0n) is 20.9. The Labute approximate surface area is 211 Å². The van der Waals surface area contributed by atoms with E-state index in [0.717, 1.165) is 13.1 Å². The summed E-state index contributed by atoms with van der Waals surface area (Å²) in [5.74, 6) is 0. The van der Waals surface area contributed by atoms with E-state index in [1.807, 2.05) is 0 Å². The monoisotopic (exact) mass is 633 g/mol. The Morgan fingerprint density at radius 3 is 1.44 bits per heavy atom. The van der Waals surface area contributed by atoms with Crippen LogP contribution in [0.25, 0.3) is 0 Å². The van der Waals surface area contributed by atoms with Crippen LogP contribution in [-0.2, 0) is 34.1 Å². The first-order valence-electron chi connectivity index (χ1n) is 12.1. The number of hydrogen-bond donors (Lipinski definition) is 0. The van der Waals surface area contributed by atoms with Crippen molar-refractivity contribution < 1.29 is 17.6 Å². The fourth-order valence-corrected chi connectivity index (χ4v) is 9.50. The Morgan fingerprint density at radius 2 is 1.00 bits per heavy atom. The van der Waals surface area contributed by atoms with Crippen LogP contribution in [0.4, 0.5) is 0 Å². The van der Waals surface area contributed by atoms with Gasteiger partial charge < -0.3 is 0 Å². The summed E-state index contributed by atoms with van der Waals surface area (Å²) in [5, 5.41) is 0. The zero-order valence-corrected chi connectivity index (χ0v) is 23.2. The molecule has 6 rings (SSSR count). The van der Waals surface area contributed by atoms with Crippen molar-refractivity contribution in [1.29, 1.82) is 0 Å². The Kier molecular flexibility index (Phi) is 4.72. The summed E-state index contributed by atoms with van der Waals surface area (Å²) in [5.41, 5.74) is 5.09. The molecule has 0 unspecified atom stereocenters. The molecular formula is C29H34N4Pt. The molecule has 34 heavy (non-hydrogen) atoms. The third kappa shape index (κ3) is 3.07. The first-order valence-corrected chi connectivity index (χ1v) is 14.4. The van der Waals surface area contributed by atoms with E-state index in [1.54, 1.807) is 0 Å². The average Bonchev–Trinajstić information content (AvgIpc) is 3.38. The normalized spacial score (nSPS) is 23.6. The quantitative estimate of drug-likeness (QED) is 0.408.